The van der Waals surface area contributed by atoms with Crippen LogP contribution in [0.2, 0.25) is 0 Å². The van der Waals surface area contributed by atoms with Crippen LogP contribution in [-0.4, -0.2) is 0 Å². The zero-order valence-electron chi connectivity index (χ0n) is 15.9. The third kappa shape index (κ3) is 8.02. The van der Waals surface area contributed by atoms with E-state index in [1.807, 2.05) is 0 Å². The van der Waals surface area contributed by atoms with Crippen LogP contribution in [0, 0.1) is 11.8 Å². The predicted molar refractivity (Wildman–Crippen MR) is 105 cm³/mol. The molecule has 0 saturated carbocycles. The molecule has 0 heterocycles. The summed E-state index contributed by atoms with van der Waals surface area (Å²) in [6.45, 7) is 13.2. The molecule has 0 aromatic heterocycles. The molecule has 23 heavy (non-hydrogen) atoms. The van der Waals surface area contributed by atoms with Gasteiger partial charge in [-0.2, -0.15) is 0 Å². The van der Waals surface area contributed by atoms with Crippen molar-refractivity contribution in [2.75, 3.05) is 0 Å². The van der Waals surface area contributed by atoms with Gasteiger partial charge in [-0.1, -0.05) is 73.6 Å². The van der Waals surface area contributed by atoms with Gasteiger partial charge in [0.15, 0.2) is 0 Å². The Hall–Kier alpha value is -1.56. The van der Waals surface area contributed by atoms with E-state index in [9.17, 15) is 0 Å². The molecule has 0 bridgehead atoms. The molecular formula is C23H34. The summed E-state index contributed by atoms with van der Waals surface area (Å²) in [5.74, 6) is 1.37. The summed E-state index contributed by atoms with van der Waals surface area (Å²) in [5.41, 5.74) is 5.38. The first-order chi connectivity index (χ1) is 10.9. The standard InChI is InChI=1S/C23H34/c1-7-18(2)8-13-21(5)22(6)14-9-19(3)10-15-23-16-11-20(4)12-17-23/h8-11,13-16,20,23H,7,12,17H2,1-6H3/b15-10+,18-8-,19-9+,21-13+,22-14+. The van der Waals surface area contributed by atoms with Crippen LogP contribution in [0.3, 0.4) is 0 Å². The Morgan fingerprint density at radius 3 is 2.13 bits per heavy atom. The molecule has 0 aromatic rings. The molecule has 2 atom stereocenters. The number of hydrogen-bond donors (Lipinski definition) is 0. The van der Waals surface area contributed by atoms with Crippen molar-refractivity contribution < 1.29 is 0 Å². The molecule has 0 aromatic carbocycles. The third-order valence-corrected chi connectivity index (χ3v) is 4.64. The van der Waals surface area contributed by atoms with Crippen LogP contribution in [0.25, 0.3) is 0 Å². The highest BCUT2D eigenvalue weighted by molar-refractivity contribution is 5.35. The van der Waals surface area contributed by atoms with Gasteiger partial charge in [0.05, 0.1) is 0 Å². The van der Waals surface area contributed by atoms with Gasteiger partial charge in [0.25, 0.3) is 0 Å². The minimum absolute atomic E-state index is 0.614. The van der Waals surface area contributed by atoms with E-state index in [-0.39, 0.29) is 0 Å². The molecule has 0 amide bonds. The minimum atomic E-state index is 0.614. The number of allylic oxidation sites excluding steroid dienone is 12. The first-order valence-corrected chi connectivity index (χ1v) is 8.98. The van der Waals surface area contributed by atoms with Crippen LogP contribution in [0.15, 0.2) is 70.9 Å². The molecular weight excluding hydrogens is 276 g/mol. The average Bonchev–Trinajstić information content (AvgIpc) is 2.56. The summed E-state index contributed by atoms with van der Waals surface area (Å²) >= 11 is 0. The minimum Gasteiger partial charge on any atom is -0.0851 e. The van der Waals surface area contributed by atoms with Gasteiger partial charge in [0.2, 0.25) is 0 Å². The highest BCUT2D eigenvalue weighted by atomic mass is 14.1. The molecule has 126 valence electrons. The monoisotopic (exact) mass is 310 g/mol. The topological polar surface area (TPSA) is 0 Å². The zero-order chi connectivity index (χ0) is 17.2. The average molecular weight is 311 g/mol. The molecule has 0 radical (unpaired) electrons. The van der Waals surface area contributed by atoms with Crippen molar-refractivity contribution in [3.8, 4) is 0 Å². The van der Waals surface area contributed by atoms with Crippen LogP contribution in [0.1, 0.15) is 60.8 Å². The molecule has 0 fully saturated rings. The van der Waals surface area contributed by atoms with E-state index in [1.54, 1.807) is 0 Å². The predicted octanol–water partition coefficient (Wildman–Crippen LogP) is 7.34. The second kappa shape index (κ2) is 10.3. The molecule has 2 unspecified atom stereocenters. The van der Waals surface area contributed by atoms with Crippen molar-refractivity contribution >= 4 is 0 Å². The Kier molecular flexibility index (Phi) is 8.69. The van der Waals surface area contributed by atoms with Crippen LogP contribution in [-0.2, 0) is 0 Å². The molecule has 1 aliphatic rings. The van der Waals surface area contributed by atoms with E-state index >= 15 is 0 Å². The first kappa shape index (κ1) is 19.5. The van der Waals surface area contributed by atoms with Crippen molar-refractivity contribution in [3.63, 3.8) is 0 Å². The van der Waals surface area contributed by atoms with Gasteiger partial charge in [-0.25, -0.2) is 0 Å². The fourth-order valence-corrected chi connectivity index (χ4v) is 2.38. The van der Waals surface area contributed by atoms with Crippen molar-refractivity contribution in [2.24, 2.45) is 11.8 Å². The van der Waals surface area contributed by atoms with E-state index in [1.165, 1.54) is 35.1 Å². The van der Waals surface area contributed by atoms with E-state index in [4.69, 9.17) is 0 Å². The Morgan fingerprint density at radius 1 is 0.913 bits per heavy atom. The maximum atomic E-state index is 2.36. The van der Waals surface area contributed by atoms with Crippen LogP contribution >= 0.6 is 0 Å². The summed E-state index contributed by atoms with van der Waals surface area (Å²) in [5, 5.41) is 0. The Morgan fingerprint density at radius 2 is 1.57 bits per heavy atom. The van der Waals surface area contributed by atoms with E-state index in [2.05, 4.69) is 90.2 Å². The Bertz CT molecular complexity index is 547. The molecule has 1 rings (SSSR count). The van der Waals surface area contributed by atoms with Crippen molar-refractivity contribution in [3.05, 3.63) is 70.9 Å². The van der Waals surface area contributed by atoms with Crippen LogP contribution in [0.5, 0.6) is 0 Å². The van der Waals surface area contributed by atoms with Crippen LogP contribution < -0.4 is 0 Å². The summed E-state index contributed by atoms with van der Waals surface area (Å²) in [6, 6.07) is 0. The largest absolute Gasteiger partial charge is 0.0851 e. The van der Waals surface area contributed by atoms with Crippen molar-refractivity contribution in [1.82, 2.24) is 0 Å². The maximum absolute atomic E-state index is 2.36. The fourth-order valence-electron chi connectivity index (χ4n) is 2.38. The molecule has 0 aliphatic heterocycles. The molecule has 0 heteroatoms. The number of hydrogen-bond acceptors (Lipinski definition) is 0. The van der Waals surface area contributed by atoms with E-state index in [0.717, 1.165) is 12.3 Å². The Labute approximate surface area is 144 Å². The lowest BCUT2D eigenvalue weighted by Crippen LogP contribution is -2.03. The van der Waals surface area contributed by atoms with Gasteiger partial charge in [-0.3, -0.25) is 0 Å². The molecule has 0 spiro atoms. The number of rotatable bonds is 6. The van der Waals surface area contributed by atoms with Gasteiger partial charge >= 0.3 is 0 Å². The van der Waals surface area contributed by atoms with Crippen molar-refractivity contribution in [1.29, 1.82) is 0 Å². The van der Waals surface area contributed by atoms with Gasteiger partial charge < -0.3 is 0 Å². The van der Waals surface area contributed by atoms with Crippen LogP contribution in [0.4, 0.5) is 0 Å². The quantitative estimate of drug-likeness (QED) is 0.355. The smallest absolute Gasteiger partial charge is 0.00500 e. The molecule has 0 N–H and O–H groups in total. The lowest BCUT2D eigenvalue weighted by Gasteiger charge is -2.16. The Balaban J connectivity index is 2.65. The lowest BCUT2D eigenvalue weighted by atomic mass is 9.89. The van der Waals surface area contributed by atoms with E-state index in [0.29, 0.717) is 5.92 Å². The van der Waals surface area contributed by atoms with Gasteiger partial charge in [0, 0.05) is 0 Å². The second-order valence-corrected chi connectivity index (χ2v) is 6.94. The molecule has 0 nitrogen and oxygen atoms in total. The van der Waals surface area contributed by atoms with Crippen molar-refractivity contribution in [2.45, 2.75) is 60.8 Å². The summed E-state index contributed by atoms with van der Waals surface area (Å²) in [4.78, 5) is 0. The summed E-state index contributed by atoms with van der Waals surface area (Å²) in [7, 11) is 0. The first-order valence-electron chi connectivity index (χ1n) is 8.98. The SMILES string of the molecule is CC\C(C)=C/C=C(C)/C(C)=C/C=C(C)/C=C/C1C=CC(C)CC1. The second-order valence-electron chi connectivity index (χ2n) is 6.94. The maximum Gasteiger partial charge on any atom is -0.00500 e. The van der Waals surface area contributed by atoms with Gasteiger partial charge in [-0.15, -0.1) is 0 Å². The summed E-state index contributed by atoms with van der Waals surface area (Å²) < 4.78 is 0. The lowest BCUT2D eigenvalue weighted by molar-refractivity contribution is 0.530. The fraction of sp³-hybridized carbons (Fsp3) is 0.478. The third-order valence-electron chi connectivity index (χ3n) is 4.64. The van der Waals surface area contributed by atoms with Gasteiger partial charge in [0.1, 0.15) is 0 Å². The normalized spacial score (nSPS) is 24.6. The van der Waals surface area contributed by atoms with Gasteiger partial charge in [-0.05, 0) is 69.9 Å². The highest BCUT2D eigenvalue weighted by Gasteiger charge is 2.09. The highest BCUT2D eigenvalue weighted by Crippen LogP contribution is 2.23. The molecule has 0 saturated heterocycles. The zero-order valence-corrected chi connectivity index (χ0v) is 15.9. The summed E-state index contributed by atoms with van der Waals surface area (Å²) in [6.07, 6.45) is 21.9. The van der Waals surface area contributed by atoms with E-state index < -0.39 is 0 Å². The molecule has 1 aliphatic carbocycles.